The SMILES string of the molecule is C[C@H]1OC[C@]2(c3cc(NC(=O)c4ccc(F)cn4)ccc3F)N=C(N)[C@](C)(C#N)C[C@H]12. The molecule has 0 unspecified atom stereocenters. The van der Waals surface area contributed by atoms with Crippen LogP contribution in [0.3, 0.4) is 0 Å². The third-order valence-corrected chi connectivity index (χ3v) is 6.16. The molecule has 4 rings (SSSR count). The van der Waals surface area contributed by atoms with Crippen LogP contribution in [0.25, 0.3) is 0 Å². The van der Waals surface area contributed by atoms with Crippen molar-refractivity contribution in [2.75, 3.05) is 11.9 Å². The number of fused-ring (bicyclic) bond motifs is 1. The zero-order chi connectivity index (χ0) is 22.4. The van der Waals surface area contributed by atoms with Gasteiger partial charge in [0.2, 0.25) is 0 Å². The van der Waals surface area contributed by atoms with Crippen LogP contribution in [0.15, 0.2) is 41.5 Å². The molecule has 1 aromatic carbocycles. The van der Waals surface area contributed by atoms with Gasteiger partial charge in [0.15, 0.2) is 0 Å². The number of amidine groups is 1. The summed E-state index contributed by atoms with van der Waals surface area (Å²) in [6.07, 6.45) is 1.05. The van der Waals surface area contributed by atoms with Crippen molar-refractivity contribution in [3.05, 3.63) is 59.4 Å². The Morgan fingerprint density at radius 1 is 1.35 bits per heavy atom. The minimum absolute atomic E-state index is 0.0193. The van der Waals surface area contributed by atoms with E-state index in [9.17, 15) is 14.4 Å². The maximum absolute atomic E-state index is 15.0. The van der Waals surface area contributed by atoms with E-state index in [-0.39, 0.29) is 35.7 Å². The van der Waals surface area contributed by atoms with Gasteiger partial charge in [-0.05, 0) is 50.6 Å². The molecule has 3 heterocycles. The summed E-state index contributed by atoms with van der Waals surface area (Å²) in [5, 5.41) is 12.2. The summed E-state index contributed by atoms with van der Waals surface area (Å²) in [5.74, 6) is -1.78. The third-order valence-electron chi connectivity index (χ3n) is 6.16. The van der Waals surface area contributed by atoms with Gasteiger partial charge in [-0.15, -0.1) is 0 Å². The van der Waals surface area contributed by atoms with Crippen molar-refractivity contribution < 1.29 is 18.3 Å². The van der Waals surface area contributed by atoms with Crippen molar-refractivity contribution in [1.82, 2.24) is 4.98 Å². The normalized spacial score (nSPS) is 29.6. The molecule has 2 aliphatic heterocycles. The predicted octanol–water partition coefficient (Wildman–Crippen LogP) is 3.13. The van der Waals surface area contributed by atoms with Crippen LogP contribution in [0.5, 0.6) is 0 Å². The van der Waals surface area contributed by atoms with Gasteiger partial charge in [0, 0.05) is 17.2 Å². The van der Waals surface area contributed by atoms with Gasteiger partial charge in [-0.25, -0.2) is 13.8 Å². The Bertz CT molecular complexity index is 1110. The Morgan fingerprint density at radius 3 is 2.81 bits per heavy atom. The van der Waals surface area contributed by atoms with E-state index >= 15 is 4.39 Å². The number of carbonyl (C=O) groups is 1. The molecule has 2 aliphatic rings. The quantitative estimate of drug-likeness (QED) is 0.784. The summed E-state index contributed by atoms with van der Waals surface area (Å²) in [4.78, 5) is 20.8. The highest BCUT2D eigenvalue weighted by Crippen LogP contribution is 2.52. The highest BCUT2D eigenvalue weighted by Gasteiger charge is 2.57. The minimum Gasteiger partial charge on any atom is -0.386 e. The average Bonchev–Trinajstić information content (AvgIpc) is 3.06. The van der Waals surface area contributed by atoms with Crippen LogP contribution in [0.1, 0.15) is 36.3 Å². The van der Waals surface area contributed by atoms with Crippen LogP contribution in [0.2, 0.25) is 0 Å². The number of pyridine rings is 1. The van der Waals surface area contributed by atoms with Crippen molar-refractivity contribution in [2.45, 2.75) is 31.9 Å². The molecule has 0 bridgehead atoms. The Kier molecular flexibility index (Phi) is 4.98. The number of halogens is 2. The molecule has 0 spiro atoms. The fraction of sp³-hybridized carbons (Fsp3) is 0.364. The van der Waals surface area contributed by atoms with E-state index < -0.39 is 28.5 Å². The summed E-state index contributed by atoms with van der Waals surface area (Å²) in [6.45, 7) is 3.68. The number of nitrogens with one attached hydrogen (secondary N) is 1. The largest absolute Gasteiger partial charge is 0.386 e. The zero-order valence-electron chi connectivity index (χ0n) is 17.0. The van der Waals surface area contributed by atoms with Gasteiger partial charge in [0.05, 0.1) is 25.0 Å². The molecular weight excluding hydrogens is 404 g/mol. The molecule has 1 saturated heterocycles. The number of hydrogen-bond acceptors (Lipinski definition) is 6. The third kappa shape index (κ3) is 3.43. The monoisotopic (exact) mass is 425 g/mol. The lowest BCUT2D eigenvalue weighted by Gasteiger charge is -2.41. The average molecular weight is 425 g/mol. The van der Waals surface area contributed by atoms with Crippen LogP contribution < -0.4 is 11.1 Å². The molecule has 31 heavy (non-hydrogen) atoms. The molecule has 1 amide bonds. The van der Waals surface area contributed by atoms with Gasteiger partial charge in [0.1, 0.15) is 34.1 Å². The van der Waals surface area contributed by atoms with Crippen LogP contribution in [-0.2, 0) is 10.3 Å². The number of nitrogens with two attached hydrogens (primary N) is 1. The van der Waals surface area contributed by atoms with Crippen LogP contribution in [0.4, 0.5) is 14.5 Å². The molecule has 4 atom stereocenters. The lowest BCUT2D eigenvalue weighted by molar-refractivity contribution is 0.0995. The number of rotatable bonds is 3. The van der Waals surface area contributed by atoms with Crippen LogP contribution >= 0.6 is 0 Å². The second kappa shape index (κ2) is 7.39. The molecule has 7 nitrogen and oxygen atoms in total. The number of amides is 1. The highest BCUT2D eigenvalue weighted by molar-refractivity contribution is 6.02. The van der Waals surface area contributed by atoms with E-state index in [2.05, 4.69) is 21.4 Å². The topological polar surface area (TPSA) is 113 Å². The summed E-state index contributed by atoms with van der Waals surface area (Å²) in [5.41, 5.74) is 4.65. The second-order valence-corrected chi connectivity index (χ2v) is 8.20. The molecule has 1 aromatic heterocycles. The maximum Gasteiger partial charge on any atom is 0.274 e. The van der Waals surface area contributed by atoms with Crippen molar-refractivity contribution in [3.63, 3.8) is 0 Å². The first-order valence-corrected chi connectivity index (χ1v) is 9.80. The Morgan fingerprint density at radius 2 is 2.13 bits per heavy atom. The predicted molar refractivity (Wildman–Crippen MR) is 109 cm³/mol. The lowest BCUT2D eigenvalue weighted by atomic mass is 9.67. The van der Waals surface area contributed by atoms with Crippen molar-refractivity contribution in [3.8, 4) is 6.07 Å². The number of ether oxygens (including phenoxy) is 1. The van der Waals surface area contributed by atoms with Gasteiger partial charge in [-0.3, -0.25) is 9.79 Å². The number of hydrogen-bond donors (Lipinski definition) is 2. The summed E-state index contributed by atoms with van der Waals surface area (Å²) >= 11 is 0. The molecule has 160 valence electrons. The number of anilines is 1. The van der Waals surface area contributed by atoms with E-state index in [4.69, 9.17) is 10.5 Å². The Hall–Kier alpha value is -3.38. The number of carbonyl (C=O) groups excluding carboxylic acids is 1. The molecule has 2 aromatic rings. The smallest absolute Gasteiger partial charge is 0.274 e. The van der Waals surface area contributed by atoms with E-state index in [0.29, 0.717) is 12.1 Å². The number of benzene rings is 1. The standard InChI is InChI=1S/C22H21F2N5O2/c1-12-16-8-21(2,10-25)20(26)29-22(16,11-31-12)15-7-14(4-5-17(15)24)28-19(30)18-6-3-13(23)9-27-18/h3-7,9,12,16H,8,11H2,1-2H3,(H2,26,29)(H,28,30)/t12-,16-,21+,22-/m1/s1. The number of aromatic nitrogens is 1. The number of aliphatic imine (C=N–C) groups is 1. The summed E-state index contributed by atoms with van der Waals surface area (Å²) < 4.78 is 33.9. The summed E-state index contributed by atoms with van der Waals surface area (Å²) in [6, 6.07) is 8.75. The molecule has 9 heteroatoms. The Labute approximate surface area is 177 Å². The first-order valence-electron chi connectivity index (χ1n) is 9.80. The fourth-order valence-electron chi connectivity index (χ4n) is 4.28. The van der Waals surface area contributed by atoms with Crippen molar-refractivity contribution in [1.29, 1.82) is 5.26 Å². The first-order chi connectivity index (χ1) is 14.7. The molecule has 0 saturated carbocycles. The fourth-order valence-corrected chi connectivity index (χ4v) is 4.28. The van der Waals surface area contributed by atoms with Crippen molar-refractivity contribution >= 4 is 17.4 Å². The Balaban J connectivity index is 1.73. The van der Waals surface area contributed by atoms with E-state index in [0.717, 1.165) is 12.3 Å². The number of nitrogens with zero attached hydrogens (tertiary/aromatic N) is 3. The minimum atomic E-state index is -1.10. The molecule has 0 radical (unpaired) electrons. The highest BCUT2D eigenvalue weighted by atomic mass is 19.1. The molecule has 3 N–H and O–H groups in total. The van der Waals surface area contributed by atoms with Crippen LogP contribution in [0, 0.1) is 34.3 Å². The molecule has 1 fully saturated rings. The van der Waals surface area contributed by atoms with E-state index in [1.807, 2.05) is 6.92 Å². The first kappa shape index (κ1) is 20.9. The zero-order valence-corrected chi connectivity index (χ0v) is 17.0. The molecule has 0 aliphatic carbocycles. The summed E-state index contributed by atoms with van der Waals surface area (Å²) in [7, 11) is 0. The van der Waals surface area contributed by atoms with E-state index in [1.54, 1.807) is 6.92 Å². The van der Waals surface area contributed by atoms with Crippen LogP contribution in [-0.4, -0.2) is 29.4 Å². The lowest BCUT2D eigenvalue weighted by Crippen LogP contribution is -2.49. The van der Waals surface area contributed by atoms with E-state index in [1.165, 1.54) is 24.3 Å². The second-order valence-electron chi connectivity index (χ2n) is 8.20. The van der Waals surface area contributed by atoms with Gasteiger partial charge in [0.25, 0.3) is 5.91 Å². The molecular formula is C22H21F2N5O2. The van der Waals surface area contributed by atoms with Gasteiger partial charge in [-0.1, -0.05) is 0 Å². The van der Waals surface area contributed by atoms with Crippen molar-refractivity contribution in [2.24, 2.45) is 22.1 Å². The van der Waals surface area contributed by atoms with Gasteiger partial charge >= 0.3 is 0 Å². The number of nitriles is 1. The van der Waals surface area contributed by atoms with Gasteiger partial charge < -0.3 is 15.8 Å². The van der Waals surface area contributed by atoms with Gasteiger partial charge in [-0.2, -0.15) is 5.26 Å². The maximum atomic E-state index is 15.0.